The second-order valence-corrected chi connectivity index (χ2v) is 10.3. The number of hydrogen-bond acceptors (Lipinski definition) is 2. The van der Waals surface area contributed by atoms with Crippen molar-refractivity contribution in [3.8, 4) is 0 Å². The zero-order valence-corrected chi connectivity index (χ0v) is 20.6. The van der Waals surface area contributed by atoms with E-state index in [2.05, 4.69) is 59.1 Å². The maximum absolute atomic E-state index is 4.17. The summed E-state index contributed by atoms with van der Waals surface area (Å²) in [4.78, 5) is 0. The molecule has 2 N–H and O–H groups in total. The van der Waals surface area contributed by atoms with Crippen molar-refractivity contribution in [1.29, 1.82) is 0 Å². The first kappa shape index (κ1) is 26.0. The van der Waals surface area contributed by atoms with E-state index in [1.165, 1.54) is 77.0 Å². The highest BCUT2D eigenvalue weighted by Crippen LogP contribution is 2.50. The summed E-state index contributed by atoms with van der Waals surface area (Å²) < 4.78 is 0. The Morgan fingerprint density at radius 3 is 1.96 bits per heavy atom. The highest BCUT2D eigenvalue weighted by atomic mass is 15.1. The monoisotopic (exact) mass is 394 g/mol. The van der Waals surface area contributed by atoms with E-state index in [0.717, 1.165) is 19.0 Å². The van der Waals surface area contributed by atoms with E-state index >= 15 is 0 Å². The number of unbranched alkanes of at least 4 members (excludes halogenated alkanes) is 5. The van der Waals surface area contributed by atoms with Gasteiger partial charge in [0.25, 0.3) is 0 Å². The molecule has 1 aliphatic carbocycles. The Morgan fingerprint density at radius 1 is 0.821 bits per heavy atom. The molecule has 0 spiro atoms. The summed E-state index contributed by atoms with van der Waals surface area (Å²) in [7, 11) is 0. The second kappa shape index (κ2) is 13.3. The van der Waals surface area contributed by atoms with Crippen LogP contribution in [0.2, 0.25) is 0 Å². The lowest BCUT2D eigenvalue weighted by atomic mass is 9.54. The van der Waals surface area contributed by atoms with Crippen molar-refractivity contribution in [1.82, 2.24) is 10.6 Å². The summed E-state index contributed by atoms with van der Waals surface area (Å²) in [6.07, 6.45) is 16.7. The van der Waals surface area contributed by atoms with Crippen molar-refractivity contribution in [3.05, 3.63) is 0 Å². The van der Waals surface area contributed by atoms with E-state index in [4.69, 9.17) is 0 Å². The van der Waals surface area contributed by atoms with E-state index in [0.29, 0.717) is 12.0 Å². The molecule has 2 unspecified atom stereocenters. The lowest BCUT2D eigenvalue weighted by Crippen LogP contribution is -2.72. The number of nitrogens with one attached hydrogen (secondary N) is 2. The Balaban J connectivity index is 3.11. The van der Waals surface area contributed by atoms with Gasteiger partial charge in [-0.2, -0.15) is 0 Å². The van der Waals surface area contributed by atoms with Crippen molar-refractivity contribution < 1.29 is 0 Å². The Bertz CT molecular complexity index is 384. The van der Waals surface area contributed by atoms with Gasteiger partial charge in [0.05, 0.1) is 0 Å². The largest absolute Gasteiger partial charge is 0.312 e. The van der Waals surface area contributed by atoms with E-state index in [1.807, 2.05) is 0 Å². The van der Waals surface area contributed by atoms with Crippen LogP contribution in [0.25, 0.3) is 0 Å². The zero-order valence-electron chi connectivity index (χ0n) is 20.6. The summed E-state index contributed by atoms with van der Waals surface area (Å²) in [6.45, 7) is 19.1. The molecule has 1 fully saturated rings. The van der Waals surface area contributed by atoms with Crippen LogP contribution in [0, 0.1) is 17.3 Å². The molecule has 2 atom stereocenters. The van der Waals surface area contributed by atoms with Crippen LogP contribution in [0.4, 0.5) is 0 Å². The summed E-state index contributed by atoms with van der Waals surface area (Å²) in [6, 6.07) is 0.573. The Kier molecular flexibility index (Phi) is 12.3. The minimum Gasteiger partial charge on any atom is -0.312 e. The van der Waals surface area contributed by atoms with Crippen molar-refractivity contribution in [2.24, 2.45) is 17.3 Å². The third kappa shape index (κ3) is 6.46. The molecule has 0 amide bonds. The van der Waals surface area contributed by atoms with Gasteiger partial charge in [-0.3, -0.25) is 0 Å². The number of likely N-dealkylation sites (N-methyl/N-ethyl adjacent to an activating group) is 2. The fraction of sp³-hybridized carbons (Fsp3) is 1.00. The fourth-order valence-electron chi connectivity index (χ4n) is 5.95. The predicted octanol–water partition coefficient (Wildman–Crippen LogP) is 7.33. The van der Waals surface area contributed by atoms with Gasteiger partial charge >= 0.3 is 0 Å². The molecule has 168 valence electrons. The van der Waals surface area contributed by atoms with Gasteiger partial charge in [-0.15, -0.1) is 0 Å². The molecule has 0 aliphatic heterocycles. The van der Waals surface area contributed by atoms with E-state index < -0.39 is 0 Å². The van der Waals surface area contributed by atoms with E-state index in [-0.39, 0.29) is 11.0 Å². The van der Waals surface area contributed by atoms with Crippen molar-refractivity contribution in [2.75, 3.05) is 13.1 Å². The number of rotatable bonds is 15. The first-order valence-electron chi connectivity index (χ1n) is 12.9. The molecule has 0 radical (unpaired) electrons. The van der Waals surface area contributed by atoms with Gasteiger partial charge in [0.1, 0.15) is 0 Å². The van der Waals surface area contributed by atoms with Crippen molar-refractivity contribution in [2.45, 2.75) is 137 Å². The van der Waals surface area contributed by atoms with Crippen LogP contribution in [-0.2, 0) is 0 Å². The minimum absolute atomic E-state index is 0.190. The molecule has 1 rings (SSSR count). The average Bonchev–Trinajstić information content (AvgIpc) is 2.68. The third-order valence-corrected chi connectivity index (χ3v) is 8.07. The van der Waals surface area contributed by atoms with Gasteiger partial charge < -0.3 is 10.6 Å². The smallest absolute Gasteiger partial charge is 0.0417 e. The molecular weight excluding hydrogens is 340 g/mol. The third-order valence-electron chi connectivity index (χ3n) is 8.07. The SMILES string of the molecule is CCCCCCCCC(NCC)C(NCC)(C1CCCCC1)C(C)(C)C(C)C. The van der Waals surface area contributed by atoms with E-state index in [9.17, 15) is 0 Å². The van der Waals surface area contributed by atoms with Gasteiger partial charge in [-0.05, 0) is 49.6 Å². The Labute approximate surface area is 178 Å². The molecule has 0 aromatic heterocycles. The summed E-state index contributed by atoms with van der Waals surface area (Å²) in [5.41, 5.74) is 0.454. The van der Waals surface area contributed by atoms with Crippen LogP contribution in [0.1, 0.15) is 126 Å². The molecule has 1 saturated carbocycles. The normalized spacial score (nSPS) is 19.7. The first-order valence-corrected chi connectivity index (χ1v) is 12.9. The maximum Gasteiger partial charge on any atom is 0.0417 e. The van der Waals surface area contributed by atoms with Gasteiger partial charge in [0.15, 0.2) is 0 Å². The van der Waals surface area contributed by atoms with Gasteiger partial charge in [-0.25, -0.2) is 0 Å². The quantitative estimate of drug-likeness (QED) is 0.284. The van der Waals surface area contributed by atoms with Crippen LogP contribution in [-0.4, -0.2) is 24.7 Å². The van der Waals surface area contributed by atoms with Gasteiger partial charge in [-0.1, -0.05) is 106 Å². The molecule has 0 saturated heterocycles. The standard InChI is InChI=1S/C26H54N2/c1-8-11-12-13-14-18-21-24(27-9-2)26(28-10-3,25(6,7)22(4)5)23-19-16-15-17-20-23/h22-24,27-28H,8-21H2,1-7H3. The van der Waals surface area contributed by atoms with E-state index in [1.54, 1.807) is 0 Å². The Morgan fingerprint density at radius 2 is 1.43 bits per heavy atom. The molecule has 2 nitrogen and oxygen atoms in total. The highest BCUT2D eigenvalue weighted by molar-refractivity contribution is 5.12. The fourth-order valence-corrected chi connectivity index (χ4v) is 5.95. The second-order valence-electron chi connectivity index (χ2n) is 10.3. The summed E-state index contributed by atoms with van der Waals surface area (Å²) >= 11 is 0. The molecule has 1 aliphatic rings. The number of hydrogen-bond donors (Lipinski definition) is 2. The summed E-state index contributed by atoms with van der Waals surface area (Å²) in [5.74, 6) is 1.46. The van der Waals surface area contributed by atoms with Crippen LogP contribution < -0.4 is 10.6 Å². The van der Waals surface area contributed by atoms with Crippen LogP contribution in [0.3, 0.4) is 0 Å². The zero-order chi connectivity index (χ0) is 21.0. The molecular formula is C26H54N2. The molecule has 0 aromatic carbocycles. The Hall–Kier alpha value is -0.0800. The van der Waals surface area contributed by atoms with Crippen molar-refractivity contribution >= 4 is 0 Å². The topological polar surface area (TPSA) is 24.1 Å². The van der Waals surface area contributed by atoms with Gasteiger partial charge in [0, 0.05) is 11.6 Å². The molecule has 0 aromatic rings. The lowest BCUT2D eigenvalue weighted by Gasteiger charge is -2.59. The first-order chi connectivity index (χ1) is 13.4. The lowest BCUT2D eigenvalue weighted by molar-refractivity contribution is -0.0300. The predicted molar refractivity (Wildman–Crippen MR) is 127 cm³/mol. The average molecular weight is 395 g/mol. The van der Waals surface area contributed by atoms with Gasteiger partial charge in [0.2, 0.25) is 0 Å². The molecule has 2 heteroatoms. The minimum atomic E-state index is 0.190. The molecule has 28 heavy (non-hydrogen) atoms. The molecule has 0 bridgehead atoms. The van der Waals surface area contributed by atoms with Crippen LogP contribution >= 0.6 is 0 Å². The van der Waals surface area contributed by atoms with Crippen LogP contribution in [0.15, 0.2) is 0 Å². The van der Waals surface area contributed by atoms with Crippen molar-refractivity contribution in [3.63, 3.8) is 0 Å². The highest BCUT2D eigenvalue weighted by Gasteiger charge is 2.55. The molecule has 0 heterocycles. The maximum atomic E-state index is 4.17. The van der Waals surface area contributed by atoms with Crippen LogP contribution in [0.5, 0.6) is 0 Å². The summed E-state index contributed by atoms with van der Waals surface area (Å²) in [5, 5.41) is 8.18.